The van der Waals surface area contributed by atoms with Crippen molar-refractivity contribution in [3.05, 3.63) is 40.2 Å². The zero-order valence-electron chi connectivity index (χ0n) is 13.7. The van der Waals surface area contributed by atoms with Gasteiger partial charge in [-0.1, -0.05) is 6.92 Å². The number of pyridine rings is 1. The predicted octanol–water partition coefficient (Wildman–Crippen LogP) is 3.24. The molecule has 0 aromatic carbocycles. The minimum Gasteiger partial charge on any atom is -0.351 e. The molecule has 3 heterocycles. The lowest BCUT2D eigenvalue weighted by atomic mass is 9.81. The number of aryl methyl sites for hydroxylation is 1. The lowest BCUT2D eigenvalue weighted by Crippen LogP contribution is -2.43. The summed E-state index contributed by atoms with van der Waals surface area (Å²) in [7, 11) is 0. The van der Waals surface area contributed by atoms with Crippen molar-refractivity contribution in [1.29, 1.82) is 0 Å². The van der Waals surface area contributed by atoms with E-state index >= 15 is 0 Å². The topological polar surface area (TPSA) is 54.0 Å². The molecule has 5 heteroatoms. The summed E-state index contributed by atoms with van der Waals surface area (Å²) in [5.74, 6) is -0.0216. The van der Waals surface area contributed by atoms with Gasteiger partial charge in [-0.25, -0.2) is 0 Å². The Balaban J connectivity index is 1.67. The fraction of sp³-hybridized carbons (Fsp3) is 0.444. The highest BCUT2D eigenvalue weighted by Gasteiger charge is 2.27. The zero-order chi connectivity index (χ0) is 16.3. The Labute approximate surface area is 141 Å². The molecule has 2 N–H and O–H groups in total. The summed E-state index contributed by atoms with van der Waals surface area (Å²) in [6, 6.07) is 5.86. The predicted molar refractivity (Wildman–Crippen MR) is 94.8 cm³/mol. The van der Waals surface area contributed by atoms with Crippen LogP contribution in [0.25, 0.3) is 11.3 Å². The highest BCUT2D eigenvalue weighted by Crippen LogP contribution is 2.27. The number of rotatable bonds is 4. The van der Waals surface area contributed by atoms with Crippen LogP contribution in [0.2, 0.25) is 0 Å². The molecule has 3 rings (SSSR count). The Kier molecular flexibility index (Phi) is 4.78. The zero-order valence-corrected chi connectivity index (χ0v) is 14.5. The van der Waals surface area contributed by atoms with E-state index in [1.54, 1.807) is 11.3 Å². The fourth-order valence-electron chi connectivity index (χ4n) is 2.97. The number of nitrogens with zero attached hydrogens (tertiary/aromatic N) is 1. The molecule has 0 spiro atoms. The Morgan fingerprint density at radius 2 is 2.13 bits per heavy atom. The maximum Gasteiger partial charge on any atom is 0.253 e. The van der Waals surface area contributed by atoms with Gasteiger partial charge < -0.3 is 10.6 Å². The van der Waals surface area contributed by atoms with Crippen molar-refractivity contribution in [3.8, 4) is 11.3 Å². The van der Waals surface area contributed by atoms with Crippen molar-refractivity contribution in [2.45, 2.75) is 26.7 Å². The number of nitrogens with one attached hydrogen (secondary N) is 2. The van der Waals surface area contributed by atoms with Crippen molar-refractivity contribution >= 4 is 17.2 Å². The van der Waals surface area contributed by atoms with Gasteiger partial charge in [0.15, 0.2) is 0 Å². The largest absolute Gasteiger partial charge is 0.351 e. The van der Waals surface area contributed by atoms with E-state index in [1.165, 1.54) is 0 Å². The fourth-order valence-corrected chi connectivity index (χ4v) is 3.62. The standard InChI is InChI=1S/C18H23N3OS/c1-13-15(3-4-16(21-13)14-5-10-23-11-14)17(22)20-12-18(2)6-8-19-9-7-18/h3-5,10-11,19H,6-9,12H2,1-2H3,(H,20,22). The second kappa shape index (κ2) is 6.81. The maximum absolute atomic E-state index is 12.5. The van der Waals surface area contributed by atoms with Crippen molar-refractivity contribution < 1.29 is 4.79 Å². The smallest absolute Gasteiger partial charge is 0.253 e. The number of thiophene rings is 1. The molecule has 0 unspecified atom stereocenters. The second-order valence-electron chi connectivity index (χ2n) is 6.58. The summed E-state index contributed by atoms with van der Waals surface area (Å²) in [4.78, 5) is 17.1. The molecule has 0 radical (unpaired) electrons. The first kappa shape index (κ1) is 16.1. The van der Waals surface area contributed by atoms with E-state index in [2.05, 4.69) is 27.9 Å². The molecule has 0 bridgehead atoms. The van der Waals surface area contributed by atoms with Crippen molar-refractivity contribution in [2.75, 3.05) is 19.6 Å². The van der Waals surface area contributed by atoms with Crippen molar-refractivity contribution in [3.63, 3.8) is 0 Å². The van der Waals surface area contributed by atoms with Crippen molar-refractivity contribution in [1.82, 2.24) is 15.6 Å². The molecule has 1 aliphatic heterocycles. The number of aromatic nitrogens is 1. The average molecular weight is 329 g/mol. The SMILES string of the molecule is Cc1nc(-c2ccsc2)ccc1C(=O)NCC1(C)CCNCC1. The van der Waals surface area contributed by atoms with Gasteiger partial charge in [0.1, 0.15) is 0 Å². The summed E-state index contributed by atoms with van der Waals surface area (Å²) in [6.07, 6.45) is 2.20. The van der Waals surface area contributed by atoms with Crippen LogP contribution in [0.4, 0.5) is 0 Å². The number of carbonyl (C=O) groups is 1. The van der Waals surface area contributed by atoms with Gasteiger partial charge in [-0.2, -0.15) is 11.3 Å². The van der Waals surface area contributed by atoms with E-state index in [-0.39, 0.29) is 11.3 Å². The first-order valence-corrected chi connectivity index (χ1v) is 9.01. The van der Waals surface area contributed by atoms with E-state index in [0.717, 1.165) is 49.4 Å². The summed E-state index contributed by atoms with van der Waals surface area (Å²) in [5.41, 5.74) is 3.67. The third-order valence-electron chi connectivity index (χ3n) is 4.63. The van der Waals surface area contributed by atoms with Crippen LogP contribution in [0.3, 0.4) is 0 Å². The lowest BCUT2D eigenvalue weighted by Gasteiger charge is -2.34. The van der Waals surface area contributed by atoms with Gasteiger partial charge >= 0.3 is 0 Å². The Bertz CT molecular complexity index is 676. The quantitative estimate of drug-likeness (QED) is 0.905. The molecule has 1 amide bonds. The van der Waals surface area contributed by atoms with E-state index in [9.17, 15) is 4.79 Å². The van der Waals surface area contributed by atoms with Gasteiger partial charge in [-0.05, 0) is 61.8 Å². The Morgan fingerprint density at radius 1 is 1.35 bits per heavy atom. The number of carbonyl (C=O) groups excluding carboxylic acids is 1. The minimum atomic E-state index is -0.0216. The molecule has 0 aliphatic carbocycles. The van der Waals surface area contributed by atoms with Gasteiger partial charge in [0.25, 0.3) is 5.91 Å². The molecule has 2 aromatic heterocycles. The average Bonchev–Trinajstić information content (AvgIpc) is 3.08. The van der Waals surface area contributed by atoms with Crippen LogP contribution in [0.5, 0.6) is 0 Å². The van der Waals surface area contributed by atoms with Crippen LogP contribution in [0.15, 0.2) is 29.0 Å². The maximum atomic E-state index is 12.5. The second-order valence-corrected chi connectivity index (χ2v) is 7.36. The molecule has 1 aliphatic rings. The highest BCUT2D eigenvalue weighted by atomic mass is 32.1. The molecule has 23 heavy (non-hydrogen) atoms. The van der Waals surface area contributed by atoms with Crippen LogP contribution in [0.1, 0.15) is 35.8 Å². The molecule has 0 atom stereocenters. The van der Waals surface area contributed by atoms with E-state index in [0.29, 0.717) is 5.56 Å². The van der Waals surface area contributed by atoms with Crippen LogP contribution in [-0.4, -0.2) is 30.5 Å². The van der Waals surface area contributed by atoms with Crippen LogP contribution < -0.4 is 10.6 Å². The van der Waals surface area contributed by atoms with Gasteiger partial charge in [0.05, 0.1) is 17.0 Å². The molecule has 2 aromatic rings. The summed E-state index contributed by atoms with van der Waals surface area (Å²) in [6.45, 7) is 6.93. The normalized spacial score (nSPS) is 17.0. The van der Waals surface area contributed by atoms with Gasteiger partial charge in [0, 0.05) is 17.5 Å². The number of piperidine rings is 1. The Hall–Kier alpha value is -1.72. The number of hydrogen-bond acceptors (Lipinski definition) is 4. The molecule has 1 fully saturated rings. The Morgan fingerprint density at radius 3 is 2.78 bits per heavy atom. The molecular formula is C18H23N3OS. The molecular weight excluding hydrogens is 306 g/mol. The van der Waals surface area contributed by atoms with Crippen molar-refractivity contribution in [2.24, 2.45) is 5.41 Å². The monoisotopic (exact) mass is 329 g/mol. The van der Waals surface area contributed by atoms with E-state index in [4.69, 9.17) is 0 Å². The number of amides is 1. The van der Waals surface area contributed by atoms with Crippen LogP contribution in [-0.2, 0) is 0 Å². The van der Waals surface area contributed by atoms with Gasteiger partial charge in [0.2, 0.25) is 0 Å². The first-order chi connectivity index (χ1) is 11.1. The van der Waals surface area contributed by atoms with Crippen LogP contribution in [0, 0.1) is 12.3 Å². The summed E-state index contributed by atoms with van der Waals surface area (Å²) in [5, 5.41) is 10.6. The lowest BCUT2D eigenvalue weighted by molar-refractivity contribution is 0.0921. The molecule has 122 valence electrons. The van der Waals surface area contributed by atoms with E-state index in [1.807, 2.05) is 30.5 Å². The van der Waals surface area contributed by atoms with Crippen LogP contribution >= 0.6 is 11.3 Å². The van der Waals surface area contributed by atoms with Gasteiger partial charge in [-0.15, -0.1) is 0 Å². The minimum absolute atomic E-state index is 0.0216. The summed E-state index contributed by atoms with van der Waals surface area (Å²) >= 11 is 1.65. The molecule has 1 saturated heterocycles. The third-order valence-corrected chi connectivity index (χ3v) is 5.32. The molecule has 0 saturated carbocycles. The highest BCUT2D eigenvalue weighted by molar-refractivity contribution is 7.08. The first-order valence-electron chi connectivity index (χ1n) is 8.07. The summed E-state index contributed by atoms with van der Waals surface area (Å²) < 4.78 is 0. The third kappa shape index (κ3) is 3.79. The molecule has 4 nitrogen and oxygen atoms in total. The van der Waals surface area contributed by atoms with Gasteiger partial charge in [-0.3, -0.25) is 9.78 Å². The van der Waals surface area contributed by atoms with E-state index < -0.39 is 0 Å². The number of hydrogen-bond donors (Lipinski definition) is 2.